The van der Waals surface area contributed by atoms with Crippen molar-refractivity contribution in [3.8, 4) is 11.5 Å². The number of pyridine rings is 1. The molecule has 3 aliphatic rings. The Morgan fingerprint density at radius 3 is 2.79 bits per heavy atom. The van der Waals surface area contributed by atoms with Gasteiger partial charge < -0.3 is 31.7 Å². The first-order chi connectivity index (χ1) is 18.4. The summed E-state index contributed by atoms with van der Waals surface area (Å²) in [7, 11) is 0. The predicted octanol–water partition coefficient (Wildman–Crippen LogP) is 3.36. The number of aliphatic hydroxyl groups is 1. The Kier molecular flexibility index (Phi) is 6.40. The number of ether oxygens (including phenoxy) is 1. The van der Waals surface area contributed by atoms with Crippen LogP contribution in [0, 0.1) is 0 Å². The van der Waals surface area contributed by atoms with Crippen LogP contribution in [-0.4, -0.2) is 46.4 Å². The maximum absolute atomic E-state index is 12.4. The SMILES string of the molecule is NC(N)=NCCCCCCNCCC12c3c4ccc(O)c3OC1c1nc3ccccc3cc1CC2(O)CC4. The number of aryl methyl sites for hydroxylation is 1. The molecular weight excluding hydrogens is 478 g/mol. The molecule has 0 fully saturated rings. The summed E-state index contributed by atoms with van der Waals surface area (Å²) >= 11 is 0. The molecular formula is C30H37N5O3. The largest absolute Gasteiger partial charge is 0.504 e. The number of unbranched alkanes of at least 4 members (excludes halogenated alkanes) is 3. The quantitative estimate of drug-likeness (QED) is 0.158. The molecule has 3 unspecified atom stereocenters. The summed E-state index contributed by atoms with van der Waals surface area (Å²) in [6.45, 7) is 2.33. The smallest absolute Gasteiger partial charge is 0.185 e. The standard InChI is InChI=1S/C30H37N5O3/c31-28(32)34-15-6-2-1-5-14-33-16-13-30-24-19-9-10-23(36)26(24)38-27(30)25-21(18-29(30,37)12-11-19)17-20-7-3-4-8-22(20)35-25/h3-4,7-10,17,27,33,36-37H,1-2,5-6,11-16,18H2,(H4,31,32,34). The Bertz CT molecular complexity index is 1390. The topological polar surface area (TPSA) is 139 Å². The van der Waals surface area contributed by atoms with Crippen LogP contribution in [0.25, 0.3) is 10.9 Å². The number of benzene rings is 2. The Labute approximate surface area is 223 Å². The molecule has 0 bridgehead atoms. The minimum absolute atomic E-state index is 0.137. The fourth-order valence-corrected chi connectivity index (χ4v) is 7.04. The van der Waals surface area contributed by atoms with Crippen LogP contribution in [-0.2, 0) is 18.3 Å². The number of aliphatic imine (C=N–C) groups is 1. The second kappa shape index (κ2) is 9.75. The fourth-order valence-electron chi connectivity index (χ4n) is 7.04. The summed E-state index contributed by atoms with van der Waals surface area (Å²) in [5.41, 5.74) is 14.1. The molecule has 0 saturated carbocycles. The number of nitrogens with zero attached hydrogens (tertiary/aromatic N) is 2. The van der Waals surface area contributed by atoms with E-state index in [4.69, 9.17) is 21.2 Å². The van der Waals surface area contributed by atoms with Gasteiger partial charge in [0.05, 0.1) is 22.2 Å². The first-order valence-electron chi connectivity index (χ1n) is 13.8. The van der Waals surface area contributed by atoms with Crippen LogP contribution in [0.3, 0.4) is 0 Å². The van der Waals surface area contributed by atoms with Gasteiger partial charge in [-0.25, -0.2) is 4.98 Å². The number of phenols is 1. The van der Waals surface area contributed by atoms with E-state index in [1.807, 2.05) is 24.3 Å². The maximum atomic E-state index is 12.4. The van der Waals surface area contributed by atoms with Gasteiger partial charge in [0.2, 0.25) is 0 Å². The second-order valence-corrected chi connectivity index (χ2v) is 11.1. The number of hydrogen-bond acceptors (Lipinski definition) is 6. The van der Waals surface area contributed by atoms with E-state index in [-0.39, 0.29) is 11.7 Å². The van der Waals surface area contributed by atoms with Gasteiger partial charge in [0.25, 0.3) is 0 Å². The van der Waals surface area contributed by atoms with Crippen molar-refractivity contribution >= 4 is 16.9 Å². The molecule has 3 aromatic rings. The summed E-state index contributed by atoms with van der Waals surface area (Å²) < 4.78 is 6.60. The van der Waals surface area contributed by atoms with Crippen molar-refractivity contribution in [1.82, 2.24) is 10.3 Å². The van der Waals surface area contributed by atoms with E-state index < -0.39 is 17.1 Å². The number of nitrogens with two attached hydrogens (primary N) is 2. The fraction of sp³-hybridized carbons (Fsp3) is 0.467. The molecule has 0 saturated heterocycles. The minimum atomic E-state index is -0.978. The van der Waals surface area contributed by atoms with Crippen LogP contribution >= 0.6 is 0 Å². The third kappa shape index (κ3) is 3.98. The number of guanidine groups is 1. The first-order valence-corrected chi connectivity index (χ1v) is 13.8. The lowest BCUT2D eigenvalue weighted by Crippen LogP contribution is -2.61. The minimum Gasteiger partial charge on any atom is -0.504 e. The molecule has 6 rings (SSSR count). The Morgan fingerprint density at radius 2 is 1.92 bits per heavy atom. The van der Waals surface area contributed by atoms with Crippen molar-refractivity contribution < 1.29 is 14.9 Å². The van der Waals surface area contributed by atoms with Gasteiger partial charge in [0.15, 0.2) is 23.6 Å². The third-order valence-electron chi connectivity index (χ3n) is 8.81. The molecule has 0 amide bonds. The zero-order valence-electron chi connectivity index (χ0n) is 21.7. The number of fused-ring (bicyclic) bond motifs is 3. The van der Waals surface area contributed by atoms with Gasteiger partial charge in [0.1, 0.15) is 0 Å². The van der Waals surface area contributed by atoms with Gasteiger partial charge in [-0.2, -0.15) is 0 Å². The van der Waals surface area contributed by atoms with Crippen LogP contribution in [0.4, 0.5) is 0 Å². The molecule has 7 N–H and O–H groups in total. The average molecular weight is 516 g/mol. The molecule has 1 aromatic heterocycles. The van der Waals surface area contributed by atoms with E-state index in [1.54, 1.807) is 6.07 Å². The molecule has 2 heterocycles. The zero-order valence-corrected chi connectivity index (χ0v) is 21.7. The maximum Gasteiger partial charge on any atom is 0.185 e. The molecule has 200 valence electrons. The average Bonchev–Trinajstić information content (AvgIpc) is 3.26. The highest BCUT2D eigenvalue weighted by Gasteiger charge is 2.67. The highest BCUT2D eigenvalue weighted by Crippen LogP contribution is 2.66. The van der Waals surface area contributed by atoms with Crippen molar-refractivity contribution in [3.63, 3.8) is 0 Å². The molecule has 0 radical (unpaired) electrons. The third-order valence-corrected chi connectivity index (χ3v) is 8.81. The summed E-state index contributed by atoms with van der Waals surface area (Å²) in [6.07, 6.45) is 6.46. The summed E-state index contributed by atoms with van der Waals surface area (Å²) in [6, 6.07) is 14.0. The zero-order chi connectivity index (χ0) is 26.3. The number of aromatic nitrogens is 1. The number of aromatic hydroxyl groups is 1. The van der Waals surface area contributed by atoms with Crippen molar-refractivity contribution in [3.05, 3.63) is 64.8 Å². The van der Waals surface area contributed by atoms with Crippen molar-refractivity contribution in [2.75, 3.05) is 19.6 Å². The van der Waals surface area contributed by atoms with Gasteiger partial charge in [-0.3, -0.25) is 4.99 Å². The molecule has 2 aliphatic carbocycles. The first kappa shape index (κ1) is 24.9. The van der Waals surface area contributed by atoms with E-state index in [1.165, 1.54) is 0 Å². The predicted molar refractivity (Wildman–Crippen MR) is 149 cm³/mol. The molecule has 3 atom stereocenters. The molecule has 38 heavy (non-hydrogen) atoms. The molecule has 1 aliphatic heterocycles. The van der Waals surface area contributed by atoms with Gasteiger partial charge >= 0.3 is 0 Å². The highest BCUT2D eigenvalue weighted by molar-refractivity contribution is 5.80. The second-order valence-electron chi connectivity index (χ2n) is 11.1. The Hall–Kier alpha value is -3.36. The Balaban J connectivity index is 1.26. The van der Waals surface area contributed by atoms with E-state index in [9.17, 15) is 10.2 Å². The van der Waals surface area contributed by atoms with Crippen LogP contribution in [0.15, 0.2) is 47.5 Å². The van der Waals surface area contributed by atoms with Crippen LogP contribution in [0.2, 0.25) is 0 Å². The van der Waals surface area contributed by atoms with Crippen LogP contribution in [0.5, 0.6) is 11.5 Å². The summed E-state index contributed by atoms with van der Waals surface area (Å²) in [5, 5.41) is 27.9. The molecule has 8 heteroatoms. The van der Waals surface area contributed by atoms with Crippen molar-refractivity contribution in [1.29, 1.82) is 0 Å². The van der Waals surface area contributed by atoms with Gasteiger partial charge in [-0.05, 0) is 74.5 Å². The van der Waals surface area contributed by atoms with E-state index >= 15 is 0 Å². The molecule has 2 aromatic carbocycles. The van der Waals surface area contributed by atoms with Crippen molar-refractivity contribution in [2.24, 2.45) is 16.5 Å². The van der Waals surface area contributed by atoms with Crippen LogP contribution < -0.4 is 21.5 Å². The number of phenolic OH excluding ortho intramolecular Hbond substituents is 1. The number of nitrogens with one attached hydrogen (secondary N) is 1. The van der Waals surface area contributed by atoms with Gasteiger partial charge in [-0.15, -0.1) is 0 Å². The van der Waals surface area contributed by atoms with E-state index in [0.29, 0.717) is 31.6 Å². The van der Waals surface area contributed by atoms with E-state index in [2.05, 4.69) is 22.4 Å². The lowest BCUT2D eigenvalue weighted by molar-refractivity contribution is -0.100. The van der Waals surface area contributed by atoms with Crippen molar-refractivity contribution in [2.45, 2.75) is 68.5 Å². The summed E-state index contributed by atoms with van der Waals surface area (Å²) in [4.78, 5) is 9.11. The number of para-hydroxylation sites is 1. The molecule has 0 spiro atoms. The number of hydrogen-bond donors (Lipinski definition) is 5. The molecule has 8 nitrogen and oxygen atoms in total. The Morgan fingerprint density at radius 1 is 1.08 bits per heavy atom. The highest BCUT2D eigenvalue weighted by atomic mass is 16.5. The van der Waals surface area contributed by atoms with Crippen LogP contribution in [0.1, 0.15) is 67.0 Å². The lowest BCUT2D eigenvalue weighted by atomic mass is 9.52. The monoisotopic (exact) mass is 515 g/mol. The van der Waals surface area contributed by atoms with E-state index in [0.717, 1.165) is 78.5 Å². The normalized spacial score (nSPS) is 24.5. The van der Waals surface area contributed by atoms with Gasteiger partial charge in [-0.1, -0.05) is 37.1 Å². The van der Waals surface area contributed by atoms with Gasteiger partial charge in [0, 0.05) is 23.9 Å². The summed E-state index contributed by atoms with van der Waals surface area (Å²) in [5.74, 6) is 0.812. The lowest BCUT2D eigenvalue weighted by Gasteiger charge is -2.54. The number of rotatable bonds is 10.